The second-order valence-corrected chi connectivity index (χ2v) is 22.6. The van der Waals surface area contributed by atoms with E-state index >= 15 is 0 Å². The molecule has 0 spiro atoms. The van der Waals surface area contributed by atoms with Gasteiger partial charge in [0.2, 0.25) is 0 Å². The molecule has 0 amide bonds. The first-order valence-corrected chi connectivity index (χ1v) is 29.7. The first-order valence-electron chi connectivity index (χ1n) is 29.7. The Labute approximate surface area is 391 Å². The van der Waals surface area contributed by atoms with E-state index in [4.69, 9.17) is 0 Å². The van der Waals surface area contributed by atoms with Crippen LogP contribution in [-0.4, -0.2) is 0 Å². The molecule has 0 radical (unpaired) electrons. The molecule has 0 rings (SSSR count). The van der Waals surface area contributed by atoms with E-state index in [9.17, 15) is 0 Å². The van der Waals surface area contributed by atoms with Gasteiger partial charge < -0.3 is 0 Å². The second-order valence-electron chi connectivity index (χ2n) is 22.6. The molecule has 0 aliphatic carbocycles. The summed E-state index contributed by atoms with van der Waals surface area (Å²) in [6.45, 7) is 24.6. The van der Waals surface area contributed by atoms with Gasteiger partial charge in [0.05, 0.1) is 0 Å². The molecule has 0 saturated heterocycles. The molecule has 0 aliphatic rings. The molecule has 0 aromatic carbocycles. The molecule has 0 bridgehead atoms. The monoisotopic (exact) mass is 857 g/mol. The van der Waals surface area contributed by atoms with Gasteiger partial charge in [-0.05, 0) is 79.4 Å². The van der Waals surface area contributed by atoms with E-state index in [1.54, 1.807) is 38.5 Å². The summed E-state index contributed by atoms with van der Waals surface area (Å²) >= 11 is 0. The second kappa shape index (κ2) is 42.6. The highest BCUT2D eigenvalue weighted by molar-refractivity contribution is 5.08. The third-order valence-corrected chi connectivity index (χ3v) is 16.4. The standard InChI is InChI=1S/C61H124/c1-11-17-23-28-31-33-37-42-51-59(52-44-38-39-47-57(7)8,50-41-36-32-29-24-18-12-2)61(54-45-27-21-15-5,55-46-34-26-20-14-4)60(49-40-22-16-6,56-48-58(9)10)53-43-35-30-25-19-13-3/h57-58H,11-56H2,1-10H3. The van der Waals surface area contributed by atoms with Gasteiger partial charge in [-0.1, -0.05) is 313 Å². The molecular formula is C61H124. The van der Waals surface area contributed by atoms with Crippen molar-refractivity contribution in [1.82, 2.24) is 0 Å². The zero-order valence-electron chi connectivity index (χ0n) is 45.2. The van der Waals surface area contributed by atoms with Crippen LogP contribution in [0.4, 0.5) is 0 Å². The maximum Gasteiger partial charge on any atom is -0.0184 e. The summed E-state index contributed by atoms with van der Waals surface area (Å²) in [5, 5.41) is 0. The molecular weight excluding hydrogens is 733 g/mol. The lowest BCUT2D eigenvalue weighted by atomic mass is 9.41. The SMILES string of the molecule is CCCCCCCCCCC(CCCCCCCCC)(CCCCCC(C)C)C(CCCCCC)(CCCCCCC)C(CCCCC)(CCCCCCCC)CCC(C)C. The van der Waals surface area contributed by atoms with Crippen molar-refractivity contribution in [3.63, 3.8) is 0 Å². The third kappa shape index (κ3) is 28.6. The molecule has 3 unspecified atom stereocenters. The van der Waals surface area contributed by atoms with Crippen LogP contribution < -0.4 is 0 Å². The summed E-state index contributed by atoms with van der Waals surface area (Å²) in [6.07, 6.45) is 67.7. The predicted molar refractivity (Wildman–Crippen MR) is 283 cm³/mol. The fraction of sp³-hybridized carbons (Fsp3) is 1.00. The van der Waals surface area contributed by atoms with Crippen molar-refractivity contribution in [3.8, 4) is 0 Å². The number of unbranched alkanes of at least 4 members (excludes halogenated alkanes) is 29. The molecule has 0 heterocycles. The highest BCUT2D eigenvalue weighted by Gasteiger charge is 2.59. The van der Waals surface area contributed by atoms with Crippen LogP contribution in [-0.2, 0) is 0 Å². The molecule has 0 saturated carbocycles. The highest BCUT2D eigenvalue weighted by Crippen LogP contribution is 2.68. The quantitative estimate of drug-likeness (QED) is 0.0535. The minimum Gasteiger partial charge on any atom is -0.0654 e. The van der Waals surface area contributed by atoms with Crippen molar-refractivity contribution in [2.75, 3.05) is 0 Å². The maximum atomic E-state index is 2.58. The van der Waals surface area contributed by atoms with E-state index in [0.717, 1.165) is 11.8 Å². The zero-order chi connectivity index (χ0) is 45.2. The van der Waals surface area contributed by atoms with Crippen molar-refractivity contribution in [2.24, 2.45) is 28.1 Å². The van der Waals surface area contributed by atoms with Gasteiger partial charge in [0, 0.05) is 0 Å². The van der Waals surface area contributed by atoms with Crippen LogP contribution >= 0.6 is 0 Å². The van der Waals surface area contributed by atoms with Gasteiger partial charge in [0.1, 0.15) is 0 Å². The highest BCUT2D eigenvalue weighted by atomic mass is 14.6. The first kappa shape index (κ1) is 61.0. The van der Waals surface area contributed by atoms with Crippen LogP contribution in [0.5, 0.6) is 0 Å². The van der Waals surface area contributed by atoms with E-state index in [1.165, 1.54) is 257 Å². The van der Waals surface area contributed by atoms with Gasteiger partial charge in [-0.15, -0.1) is 0 Å². The van der Waals surface area contributed by atoms with E-state index in [1.807, 2.05) is 0 Å². The zero-order valence-corrected chi connectivity index (χ0v) is 45.2. The lowest BCUT2D eigenvalue weighted by molar-refractivity contribution is -0.141. The van der Waals surface area contributed by atoms with Crippen LogP contribution in [0.15, 0.2) is 0 Å². The summed E-state index contributed by atoms with van der Waals surface area (Å²) in [5.41, 5.74) is 1.47. The lowest BCUT2D eigenvalue weighted by Gasteiger charge is -2.64. The molecule has 0 nitrogen and oxygen atoms in total. The largest absolute Gasteiger partial charge is 0.0654 e. The minimum atomic E-state index is 0.480. The molecule has 0 aromatic heterocycles. The third-order valence-electron chi connectivity index (χ3n) is 16.4. The Morgan fingerprint density at radius 2 is 0.426 bits per heavy atom. The first-order chi connectivity index (χ1) is 29.7. The summed E-state index contributed by atoms with van der Waals surface area (Å²) in [7, 11) is 0. The summed E-state index contributed by atoms with van der Waals surface area (Å²) < 4.78 is 0. The van der Waals surface area contributed by atoms with Crippen molar-refractivity contribution in [1.29, 1.82) is 0 Å². The molecule has 0 N–H and O–H groups in total. The van der Waals surface area contributed by atoms with E-state index < -0.39 is 0 Å². The van der Waals surface area contributed by atoms with Crippen LogP contribution in [0.25, 0.3) is 0 Å². The molecule has 0 aromatic rings. The fourth-order valence-corrected chi connectivity index (χ4v) is 12.6. The van der Waals surface area contributed by atoms with Crippen molar-refractivity contribution in [2.45, 2.75) is 365 Å². The summed E-state index contributed by atoms with van der Waals surface area (Å²) in [5.74, 6) is 1.65. The van der Waals surface area contributed by atoms with E-state index in [0.29, 0.717) is 16.2 Å². The summed E-state index contributed by atoms with van der Waals surface area (Å²) in [4.78, 5) is 0. The Hall–Kier alpha value is 0. The summed E-state index contributed by atoms with van der Waals surface area (Å²) in [6, 6.07) is 0. The topological polar surface area (TPSA) is 0 Å². The Morgan fingerprint density at radius 1 is 0.213 bits per heavy atom. The molecule has 61 heavy (non-hydrogen) atoms. The molecule has 3 atom stereocenters. The van der Waals surface area contributed by atoms with Crippen molar-refractivity contribution in [3.05, 3.63) is 0 Å². The maximum absolute atomic E-state index is 2.58. The molecule has 0 heteroatoms. The average molecular weight is 858 g/mol. The normalized spacial score (nSPS) is 15.1. The van der Waals surface area contributed by atoms with Crippen LogP contribution in [0, 0.1) is 28.1 Å². The number of rotatable bonds is 50. The Bertz CT molecular complexity index is 854. The average Bonchev–Trinajstić information content (AvgIpc) is 3.24. The smallest absolute Gasteiger partial charge is 0.0184 e. The van der Waals surface area contributed by atoms with Crippen LogP contribution in [0.2, 0.25) is 0 Å². The van der Waals surface area contributed by atoms with Gasteiger partial charge in [-0.3, -0.25) is 0 Å². The van der Waals surface area contributed by atoms with Gasteiger partial charge >= 0.3 is 0 Å². The fourth-order valence-electron chi connectivity index (χ4n) is 12.6. The lowest BCUT2D eigenvalue weighted by Crippen LogP contribution is -2.54. The predicted octanol–water partition coefficient (Wildman–Crippen LogP) is 23.3. The van der Waals surface area contributed by atoms with Crippen LogP contribution in [0.3, 0.4) is 0 Å². The van der Waals surface area contributed by atoms with Crippen molar-refractivity contribution >= 4 is 0 Å². The van der Waals surface area contributed by atoms with Gasteiger partial charge in [-0.2, -0.15) is 0 Å². The molecule has 0 fully saturated rings. The number of hydrogen-bond acceptors (Lipinski definition) is 0. The molecule has 0 aliphatic heterocycles. The van der Waals surface area contributed by atoms with E-state index in [2.05, 4.69) is 69.2 Å². The number of hydrogen-bond donors (Lipinski definition) is 0. The Balaban J connectivity index is 7.90. The van der Waals surface area contributed by atoms with Crippen LogP contribution in [0.1, 0.15) is 365 Å². The Kier molecular flexibility index (Phi) is 42.6. The minimum absolute atomic E-state index is 0.480. The van der Waals surface area contributed by atoms with Gasteiger partial charge in [-0.25, -0.2) is 0 Å². The molecule has 368 valence electrons. The Morgan fingerprint density at radius 3 is 0.738 bits per heavy atom. The van der Waals surface area contributed by atoms with Gasteiger partial charge in [0.15, 0.2) is 0 Å². The van der Waals surface area contributed by atoms with Crippen molar-refractivity contribution < 1.29 is 0 Å². The van der Waals surface area contributed by atoms with E-state index in [-0.39, 0.29) is 0 Å². The van der Waals surface area contributed by atoms with Gasteiger partial charge in [0.25, 0.3) is 0 Å².